The predicted octanol–water partition coefficient (Wildman–Crippen LogP) is 2.79. The van der Waals surface area contributed by atoms with Crippen molar-refractivity contribution in [3.63, 3.8) is 0 Å². The molecule has 2 atom stereocenters. The molecule has 0 saturated carbocycles. The van der Waals surface area contributed by atoms with Crippen LogP contribution in [0.25, 0.3) is 0 Å². The van der Waals surface area contributed by atoms with Gasteiger partial charge in [-0.1, -0.05) is 36.9 Å². The number of nitrogens with one attached hydrogen (secondary N) is 1. The summed E-state index contributed by atoms with van der Waals surface area (Å²) in [5.41, 5.74) is 7.07. The fraction of sp³-hybridized carbons (Fsp3) is 0.333. The Morgan fingerprint density at radius 2 is 2.14 bits per heavy atom. The molecule has 0 bridgehead atoms. The van der Waals surface area contributed by atoms with Crippen LogP contribution in [-0.2, 0) is 0 Å². The molecule has 0 saturated heterocycles. The lowest BCUT2D eigenvalue weighted by Gasteiger charge is -2.22. The Kier molecular flexibility index (Phi) is 5.14. The molecule has 1 aromatic carbocycles. The molecule has 3 N–H and O–H groups in total. The number of hydrogen-bond donors (Lipinski definition) is 2. The minimum atomic E-state index is -0.304. The maximum absolute atomic E-state index is 14.0. The van der Waals surface area contributed by atoms with Crippen molar-refractivity contribution in [3.8, 4) is 0 Å². The number of nitrogens with zero attached hydrogens (tertiary/aromatic N) is 1. The van der Waals surface area contributed by atoms with E-state index in [9.17, 15) is 9.18 Å². The van der Waals surface area contributed by atoms with Gasteiger partial charge >= 0.3 is 0 Å². The number of hydrogen-bond acceptors (Lipinski definition) is 4. The molecular formula is C15H18FN3OS. The van der Waals surface area contributed by atoms with Gasteiger partial charge in [0.05, 0.1) is 5.25 Å². The number of nitrogens with two attached hydrogens (primary N) is 1. The fourth-order valence-corrected chi connectivity index (χ4v) is 3.31. The number of H-pyrrole nitrogens is 1. The summed E-state index contributed by atoms with van der Waals surface area (Å²) in [7, 11) is 0. The molecule has 0 fully saturated rings. The van der Waals surface area contributed by atoms with Gasteiger partial charge in [-0.15, -0.1) is 0 Å². The van der Waals surface area contributed by atoms with Gasteiger partial charge < -0.3 is 10.7 Å². The van der Waals surface area contributed by atoms with Gasteiger partial charge in [0.15, 0.2) is 5.16 Å². The minimum Gasteiger partial charge on any atom is -0.326 e. The summed E-state index contributed by atoms with van der Waals surface area (Å²) in [6.45, 7) is 3.70. The first-order valence-electron chi connectivity index (χ1n) is 6.76. The molecule has 1 aromatic heterocycles. The van der Waals surface area contributed by atoms with Gasteiger partial charge in [0, 0.05) is 23.4 Å². The number of aromatic amines is 1. The molecule has 0 radical (unpaired) electrons. The zero-order valence-electron chi connectivity index (χ0n) is 12.0. The Balaban J connectivity index is 2.37. The van der Waals surface area contributed by atoms with E-state index in [1.165, 1.54) is 23.9 Å². The van der Waals surface area contributed by atoms with Crippen molar-refractivity contribution >= 4 is 11.8 Å². The summed E-state index contributed by atoms with van der Waals surface area (Å²) in [5.74, 6) is -0.297. The molecule has 2 aromatic rings. The monoisotopic (exact) mass is 307 g/mol. The zero-order chi connectivity index (χ0) is 15.4. The van der Waals surface area contributed by atoms with E-state index in [1.54, 1.807) is 25.1 Å². The summed E-state index contributed by atoms with van der Waals surface area (Å²) in [4.78, 5) is 18.5. The van der Waals surface area contributed by atoms with Gasteiger partial charge in [0.2, 0.25) is 0 Å². The quantitative estimate of drug-likeness (QED) is 0.658. The normalized spacial score (nSPS) is 13.9. The van der Waals surface area contributed by atoms with E-state index in [-0.39, 0.29) is 22.7 Å². The molecule has 4 nitrogen and oxygen atoms in total. The van der Waals surface area contributed by atoms with E-state index in [4.69, 9.17) is 5.73 Å². The van der Waals surface area contributed by atoms with Gasteiger partial charge in [-0.3, -0.25) is 4.79 Å². The summed E-state index contributed by atoms with van der Waals surface area (Å²) in [6, 6.07) is 7.74. The van der Waals surface area contributed by atoms with Crippen molar-refractivity contribution in [2.24, 2.45) is 5.73 Å². The van der Waals surface area contributed by atoms with Crippen LogP contribution in [0.1, 0.15) is 29.9 Å². The van der Waals surface area contributed by atoms with Crippen molar-refractivity contribution in [2.45, 2.75) is 36.7 Å². The second kappa shape index (κ2) is 6.87. The predicted molar refractivity (Wildman–Crippen MR) is 82.9 cm³/mol. The molecule has 0 amide bonds. The van der Waals surface area contributed by atoms with Crippen LogP contribution < -0.4 is 11.3 Å². The van der Waals surface area contributed by atoms with Crippen LogP contribution >= 0.6 is 11.8 Å². The van der Waals surface area contributed by atoms with Crippen LogP contribution in [0.2, 0.25) is 0 Å². The highest BCUT2D eigenvalue weighted by atomic mass is 32.2. The van der Waals surface area contributed by atoms with Crippen molar-refractivity contribution in [3.05, 3.63) is 57.8 Å². The molecule has 2 rings (SSSR count). The highest BCUT2D eigenvalue weighted by molar-refractivity contribution is 7.99. The zero-order valence-corrected chi connectivity index (χ0v) is 12.8. The van der Waals surface area contributed by atoms with Crippen molar-refractivity contribution in [1.29, 1.82) is 0 Å². The van der Waals surface area contributed by atoms with Crippen molar-refractivity contribution in [2.75, 3.05) is 0 Å². The van der Waals surface area contributed by atoms with E-state index < -0.39 is 0 Å². The van der Waals surface area contributed by atoms with E-state index in [1.807, 2.05) is 6.92 Å². The number of aryl methyl sites for hydroxylation is 1. The third-order valence-electron chi connectivity index (χ3n) is 3.16. The molecule has 1 heterocycles. The smallest absolute Gasteiger partial charge is 0.251 e. The number of halogens is 1. The van der Waals surface area contributed by atoms with E-state index in [2.05, 4.69) is 9.97 Å². The average Bonchev–Trinajstić information content (AvgIpc) is 2.44. The first kappa shape index (κ1) is 15.7. The van der Waals surface area contributed by atoms with Crippen LogP contribution in [0.15, 0.2) is 40.3 Å². The molecule has 21 heavy (non-hydrogen) atoms. The molecular weight excluding hydrogens is 289 g/mol. The van der Waals surface area contributed by atoms with Gasteiger partial charge in [0.1, 0.15) is 5.82 Å². The third-order valence-corrected chi connectivity index (χ3v) is 4.43. The largest absolute Gasteiger partial charge is 0.326 e. The Hall–Kier alpha value is -1.66. The molecule has 2 unspecified atom stereocenters. The summed E-state index contributed by atoms with van der Waals surface area (Å²) >= 11 is 1.29. The minimum absolute atomic E-state index is 0.220. The SMILES string of the molecule is CCC(N)C(Sc1nc(C)cc(=O)[nH]1)c1ccccc1F. The maximum Gasteiger partial charge on any atom is 0.251 e. The molecule has 6 heteroatoms. The van der Waals surface area contributed by atoms with Crippen LogP contribution in [0.5, 0.6) is 0 Å². The average molecular weight is 307 g/mol. The first-order chi connectivity index (χ1) is 10.0. The highest BCUT2D eigenvalue weighted by Gasteiger charge is 2.23. The second-order valence-electron chi connectivity index (χ2n) is 4.82. The third kappa shape index (κ3) is 3.92. The van der Waals surface area contributed by atoms with Gasteiger partial charge in [0.25, 0.3) is 5.56 Å². The molecule has 0 spiro atoms. The van der Waals surface area contributed by atoms with Crippen LogP contribution in [0.3, 0.4) is 0 Å². The number of thioether (sulfide) groups is 1. The number of aromatic nitrogens is 2. The number of benzene rings is 1. The highest BCUT2D eigenvalue weighted by Crippen LogP contribution is 2.37. The van der Waals surface area contributed by atoms with Crippen molar-refractivity contribution in [1.82, 2.24) is 9.97 Å². The standard InChI is InChI=1S/C15H18FN3OS/c1-3-12(17)14(10-6-4-5-7-11(10)16)21-15-18-9(2)8-13(20)19-15/h4-8,12,14H,3,17H2,1-2H3,(H,18,19,20). The Morgan fingerprint density at radius 3 is 2.76 bits per heavy atom. The number of rotatable bonds is 5. The van der Waals surface area contributed by atoms with Crippen LogP contribution in [0, 0.1) is 12.7 Å². The molecule has 112 valence electrons. The topological polar surface area (TPSA) is 71.8 Å². The molecule has 0 aliphatic heterocycles. The summed E-state index contributed by atoms with van der Waals surface area (Å²) < 4.78 is 14.0. The van der Waals surface area contributed by atoms with Gasteiger partial charge in [-0.25, -0.2) is 9.37 Å². The fourth-order valence-electron chi connectivity index (χ4n) is 2.03. The lowest BCUT2D eigenvalue weighted by molar-refractivity contribution is 0.572. The Bertz CT molecular complexity index is 674. The molecule has 0 aliphatic rings. The molecule has 0 aliphatic carbocycles. The van der Waals surface area contributed by atoms with Gasteiger partial charge in [-0.05, 0) is 19.4 Å². The Labute approximate surface area is 127 Å². The van der Waals surface area contributed by atoms with Gasteiger partial charge in [-0.2, -0.15) is 0 Å². The van der Waals surface area contributed by atoms with E-state index >= 15 is 0 Å². The lowest BCUT2D eigenvalue weighted by atomic mass is 10.0. The maximum atomic E-state index is 14.0. The van der Waals surface area contributed by atoms with E-state index in [0.29, 0.717) is 22.8 Å². The summed E-state index contributed by atoms with van der Waals surface area (Å²) in [5, 5.41) is 0.151. The van der Waals surface area contributed by atoms with Crippen LogP contribution in [-0.4, -0.2) is 16.0 Å². The second-order valence-corrected chi connectivity index (χ2v) is 5.95. The first-order valence-corrected chi connectivity index (χ1v) is 7.64. The van der Waals surface area contributed by atoms with Crippen LogP contribution in [0.4, 0.5) is 4.39 Å². The Morgan fingerprint density at radius 1 is 1.43 bits per heavy atom. The van der Waals surface area contributed by atoms with Crippen molar-refractivity contribution < 1.29 is 4.39 Å². The summed E-state index contributed by atoms with van der Waals surface area (Å²) in [6.07, 6.45) is 0.696. The van der Waals surface area contributed by atoms with E-state index in [0.717, 1.165) is 0 Å². The lowest BCUT2D eigenvalue weighted by Crippen LogP contribution is -2.26.